The molecule has 0 aromatic carbocycles. The largest absolute Gasteiger partial charge is 0.359 e. The molecule has 0 aliphatic carbocycles. The minimum absolute atomic E-state index is 0. The fourth-order valence-corrected chi connectivity index (χ4v) is 1.54. The zero-order valence-corrected chi connectivity index (χ0v) is 10.2. The Morgan fingerprint density at radius 2 is 2.38 bits per heavy atom. The molecule has 2 heterocycles. The summed E-state index contributed by atoms with van der Waals surface area (Å²) in [5.41, 5.74) is 1.54. The Bertz CT molecular complexity index is 374. The van der Waals surface area contributed by atoms with Crippen LogP contribution < -0.4 is 10.6 Å². The number of hydrogen-bond acceptors (Lipinski definition) is 4. The lowest BCUT2D eigenvalue weighted by molar-refractivity contribution is -0.119. The number of amides is 1. The Hall–Kier alpha value is -1.07. The van der Waals surface area contributed by atoms with Gasteiger partial charge in [-0.3, -0.25) is 4.79 Å². The van der Waals surface area contributed by atoms with Gasteiger partial charge in [-0.1, -0.05) is 12.1 Å². The van der Waals surface area contributed by atoms with Crippen LogP contribution in [0.3, 0.4) is 0 Å². The first-order chi connectivity index (χ1) is 7.22. The Morgan fingerprint density at radius 3 is 2.88 bits per heavy atom. The molecule has 1 aromatic rings. The van der Waals surface area contributed by atoms with Gasteiger partial charge in [-0.2, -0.15) is 0 Å². The summed E-state index contributed by atoms with van der Waals surface area (Å²) in [7, 11) is 0. The molecule has 2 rings (SSSR count). The molecule has 16 heavy (non-hydrogen) atoms. The number of halogens is 1. The van der Waals surface area contributed by atoms with Crippen LogP contribution in [-0.2, 0) is 11.2 Å². The van der Waals surface area contributed by atoms with Gasteiger partial charge in [0.2, 0.25) is 5.91 Å². The molecule has 6 heteroatoms. The van der Waals surface area contributed by atoms with Gasteiger partial charge < -0.3 is 15.2 Å². The lowest BCUT2D eigenvalue weighted by atomic mass is 10.1. The Labute approximate surface area is 100 Å². The highest BCUT2D eigenvalue weighted by molar-refractivity contribution is 5.96. The summed E-state index contributed by atoms with van der Waals surface area (Å²) in [5, 5.41) is 9.79. The predicted molar refractivity (Wildman–Crippen MR) is 62.9 cm³/mol. The molecule has 0 spiro atoms. The van der Waals surface area contributed by atoms with Gasteiger partial charge in [0.05, 0.1) is 6.04 Å². The van der Waals surface area contributed by atoms with Crippen molar-refractivity contribution in [1.82, 2.24) is 10.5 Å². The van der Waals surface area contributed by atoms with E-state index in [0.29, 0.717) is 5.76 Å². The van der Waals surface area contributed by atoms with Crippen LogP contribution in [-0.4, -0.2) is 23.7 Å². The minimum Gasteiger partial charge on any atom is -0.359 e. The number of anilines is 1. The Kier molecular flexibility index (Phi) is 4.32. The number of hydrogen-bond donors (Lipinski definition) is 2. The molecule has 1 atom stereocenters. The zero-order valence-electron chi connectivity index (χ0n) is 9.37. The first-order valence-electron chi connectivity index (χ1n) is 5.21. The standard InChI is InChI=1S/C10H15N3O2.ClH/c1-3-7-9(6(2)15-13-7)12-10(14)8-4-5-11-8;/h8,11H,3-5H2,1-2H3,(H,12,14);1H/t8-;/m1./s1. The van der Waals surface area contributed by atoms with Gasteiger partial charge in [0.15, 0.2) is 5.76 Å². The Morgan fingerprint density at radius 1 is 1.69 bits per heavy atom. The lowest BCUT2D eigenvalue weighted by Gasteiger charge is -2.26. The van der Waals surface area contributed by atoms with E-state index in [4.69, 9.17) is 4.52 Å². The normalized spacial score (nSPS) is 18.5. The fraction of sp³-hybridized carbons (Fsp3) is 0.600. The van der Waals surface area contributed by atoms with Crippen molar-refractivity contribution in [2.24, 2.45) is 0 Å². The van der Waals surface area contributed by atoms with E-state index < -0.39 is 0 Å². The highest BCUT2D eigenvalue weighted by Crippen LogP contribution is 2.21. The fourth-order valence-electron chi connectivity index (χ4n) is 1.54. The summed E-state index contributed by atoms with van der Waals surface area (Å²) in [6, 6.07) is -0.0518. The van der Waals surface area contributed by atoms with E-state index in [-0.39, 0.29) is 24.4 Å². The van der Waals surface area contributed by atoms with Gasteiger partial charge >= 0.3 is 0 Å². The van der Waals surface area contributed by atoms with Crippen LogP contribution in [0.25, 0.3) is 0 Å². The quantitative estimate of drug-likeness (QED) is 0.842. The van der Waals surface area contributed by atoms with E-state index in [1.54, 1.807) is 6.92 Å². The molecule has 0 bridgehead atoms. The van der Waals surface area contributed by atoms with Gasteiger partial charge in [0.1, 0.15) is 11.4 Å². The summed E-state index contributed by atoms with van der Waals surface area (Å²) < 4.78 is 5.03. The minimum atomic E-state index is -0.0518. The molecular formula is C10H16ClN3O2. The van der Waals surface area contributed by atoms with Crippen molar-refractivity contribution < 1.29 is 9.32 Å². The third-order valence-electron chi connectivity index (χ3n) is 2.66. The average molecular weight is 246 g/mol. The number of nitrogens with one attached hydrogen (secondary N) is 2. The van der Waals surface area contributed by atoms with Crippen LogP contribution in [0, 0.1) is 6.92 Å². The van der Waals surface area contributed by atoms with Crippen LogP contribution in [0.5, 0.6) is 0 Å². The molecule has 90 valence electrons. The van der Waals surface area contributed by atoms with Crippen LogP contribution in [0.15, 0.2) is 4.52 Å². The van der Waals surface area contributed by atoms with Crippen molar-refractivity contribution in [3.05, 3.63) is 11.5 Å². The highest BCUT2D eigenvalue weighted by Gasteiger charge is 2.26. The van der Waals surface area contributed by atoms with Gasteiger partial charge in [0, 0.05) is 0 Å². The molecule has 0 radical (unpaired) electrons. The topological polar surface area (TPSA) is 67.2 Å². The maximum Gasteiger partial charge on any atom is 0.241 e. The SMILES string of the molecule is CCc1noc(C)c1NC(=O)[C@H]1CCN1.Cl. The van der Waals surface area contributed by atoms with Crippen molar-refractivity contribution in [3.63, 3.8) is 0 Å². The molecular weight excluding hydrogens is 230 g/mol. The summed E-state index contributed by atoms with van der Waals surface area (Å²) >= 11 is 0. The molecule has 1 aromatic heterocycles. The van der Waals surface area contributed by atoms with E-state index in [2.05, 4.69) is 15.8 Å². The van der Waals surface area contributed by atoms with Crippen molar-refractivity contribution in [1.29, 1.82) is 0 Å². The maximum absolute atomic E-state index is 11.7. The second kappa shape index (κ2) is 5.32. The number of aromatic nitrogens is 1. The van der Waals surface area contributed by atoms with Crippen molar-refractivity contribution in [2.75, 3.05) is 11.9 Å². The second-order valence-corrected chi connectivity index (χ2v) is 3.70. The van der Waals surface area contributed by atoms with E-state index in [9.17, 15) is 4.79 Å². The zero-order chi connectivity index (χ0) is 10.8. The van der Waals surface area contributed by atoms with Crippen LogP contribution in [0.4, 0.5) is 5.69 Å². The summed E-state index contributed by atoms with van der Waals surface area (Å²) in [4.78, 5) is 11.7. The molecule has 1 fully saturated rings. The Balaban J connectivity index is 0.00000128. The predicted octanol–water partition coefficient (Wildman–Crippen LogP) is 1.27. The third kappa shape index (κ3) is 2.36. The van der Waals surface area contributed by atoms with Crippen molar-refractivity contribution in [2.45, 2.75) is 32.7 Å². The van der Waals surface area contributed by atoms with Gasteiger partial charge in [-0.25, -0.2) is 0 Å². The number of nitrogens with zero attached hydrogens (tertiary/aromatic N) is 1. The molecule has 1 aliphatic heterocycles. The second-order valence-electron chi connectivity index (χ2n) is 3.70. The number of carbonyl (C=O) groups excluding carboxylic acids is 1. The third-order valence-corrected chi connectivity index (χ3v) is 2.66. The van der Waals surface area contributed by atoms with E-state index in [1.165, 1.54) is 0 Å². The maximum atomic E-state index is 11.7. The van der Waals surface area contributed by atoms with Gasteiger partial charge in [-0.15, -0.1) is 12.4 Å². The van der Waals surface area contributed by atoms with E-state index in [0.717, 1.165) is 30.8 Å². The number of aryl methyl sites for hydroxylation is 2. The highest BCUT2D eigenvalue weighted by atomic mass is 35.5. The molecule has 1 amide bonds. The molecule has 0 unspecified atom stereocenters. The average Bonchev–Trinajstić information content (AvgIpc) is 2.45. The van der Waals surface area contributed by atoms with Gasteiger partial charge in [-0.05, 0) is 26.3 Å². The first kappa shape index (κ1) is 13.0. The van der Waals surface area contributed by atoms with Crippen LogP contribution in [0.2, 0.25) is 0 Å². The van der Waals surface area contributed by atoms with E-state index >= 15 is 0 Å². The summed E-state index contributed by atoms with van der Waals surface area (Å²) in [5.74, 6) is 0.668. The molecule has 0 saturated carbocycles. The first-order valence-corrected chi connectivity index (χ1v) is 5.21. The van der Waals surface area contributed by atoms with Crippen LogP contribution >= 0.6 is 12.4 Å². The number of rotatable bonds is 3. The summed E-state index contributed by atoms with van der Waals surface area (Å²) in [6.45, 7) is 4.70. The molecule has 1 aliphatic rings. The molecule has 1 saturated heterocycles. The smallest absolute Gasteiger partial charge is 0.241 e. The van der Waals surface area contributed by atoms with Crippen molar-refractivity contribution >= 4 is 24.0 Å². The van der Waals surface area contributed by atoms with E-state index in [1.807, 2.05) is 6.92 Å². The van der Waals surface area contributed by atoms with Crippen molar-refractivity contribution in [3.8, 4) is 0 Å². The van der Waals surface area contributed by atoms with Crippen LogP contribution in [0.1, 0.15) is 24.8 Å². The molecule has 5 nitrogen and oxygen atoms in total. The summed E-state index contributed by atoms with van der Waals surface area (Å²) in [6.07, 6.45) is 1.66. The lowest BCUT2D eigenvalue weighted by Crippen LogP contribution is -2.50. The van der Waals surface area contributed by atoms with Gasteiger partial charge in [0.25, 0.3) is 0 Å². The number of carbonyl (C=O) groups is 1. The molecule has 2 N–H and O–H groups in total. The monoisotopic (exact) mass is 245 g/mol.